The fourth-order valence-electron chi connectivity index (χ4n) is 9.66. The van der Waals surface area contributed by atoms with E-state index in [4.69, 9.17) is 4.74 Å². The van der Waals surface area contributed by atoms with Crippen LogP contribution in [0.2, 0.25) is 0 Å². The molecule has 5 heteroatoms. The van der Waals surface area contributed by atoms with Crippen LogP contribution < -0.4 is 35.8 Å². The maximum atomic E-state index is 6.53. The Kier molecular flexibility index (Phi) is 7.62. The first kappa shape index (κ1) is 33.6. The van der Waals surface area contributed by atoms with E-state index in [0.717, 1.165) is 47.1 Å². The Hall–Kier alpha value is -6.72. The molecule has 0 spiro atoms. The van der Waals surface area contributed by atoms with Crippen molar-refractivity contribution in [2.24, 2.45) is 0 Å². The van der Waals surface area contributed by atoms with Gasteiger partial charge in [-0.15, -0.1) is 0 Å². The van der Waals surface area contributed by atoms with Gasteiger partial charge >= 0.3 is 0 Å². The van der Waals surface area contributed by atoms with Gasteiger partial charge in [0, 0.05) is 67.7 Å². The van der Waals surface area contributed by atoms with Gasteiger partial charge in [-0.25, -0.2) is 0 Å². The zero-order chi connectivity index (χ0) is 38.3. The average Bonchev–Trinajstić information content (AvgIpc) is 3.25. The fourth-order valence-corrected chi connectivity index (χ4v) is 9.66. The minimum Gasteiger partial charge on any atom is -0.457 e. The molecule has 4 aliphatic rings. The second-order valence-corrected chi connectivity index (χ2v) is 16.2. The molecule has 1 aliphatic carbocycles. The van der Waals surface area contributed by atoms with E-state index < -0.39 is 0 Å². The molecule has 0 fully saturated rings. The number of fused-ring (bicyclic) bond motifs is 6. The summed E-state index contributed by atoms with van der Waals surface area (Å²) in [7, 11) is 0. The third kappa shape index (κ3) is 5.22. The van der Waals surface area contributed by atoms with Crippen molar-refractivity contribution < 1.29 is 4.74 Å². The Morgan fingerprint density at radius 3 is 2.04 bits per heavy atom. The molecule has 3 aliphatic heterocycles. The molecular formula is C52H42BN3O. The van der Waals surface area contributed by atoms with E-state index in [1.165, 1.54) is 61.5 Å². The summed E-state index contributed by atoms with van der Waals surface area (Å²) in [6.45, 7) is 6.85. The normalized spacial score (nSPS) is 15.4. The summed E-state index contributed by atoms with van der Waals surface area (Å²) in [5, 5.41) is 0. The van der Waals surface area contributed by atoms with E-state index in [0.29, 0.717) is 0 Å². The number of hydrogen-bond donors (Lipinski definition) is 0. The number of ether oxygens (including phenoxy) is 1. The minimum atomic E-state index is -0.228. The third-order valence-electron chi connectivity index (χ3n) is 12.4. The standard InChI is InChI=1S/C52H42BN3O/c1-35-25-27-38(28-26-35)56-47-23-14-22-46-51(47)53(43-20-11-12-21-45(43)55(46)37-17-8-5-9-18-37)44-31-29-40(34-48(44)56)54(36-15-6-4-7-16-36)39-30-32-50-42(33-39)52(2,3)41-19-10-13-24-49(41)57-50/h4-6,8-15,17-34H,7,16H2,1-3H3. The Morgan fingerprint density at radius 2 is 1.23 bits per heavy atom. The Balaban J connectivity index is 1.13. The van der Waals surface area contributed by atoms with E-state index in [1.807, 2.05) is 0 Å². The number of rotatable bonds is 5. The largest absolute Gasteiger partial charge is 0.457 e. The summed E-state index contributed by atoms with van der Waals surface area (Å²) < 4.78 is 6.53. The third-order valence-corrected chi connectivity index (χ3v) is 12.4. The molecule has 3 heterocycles. The zero-order valence-corrected chi connectivity index (χ0v) is 32.5. The Labute approximate surface area is 335 Å². The van der Waals surface area contributed by atoms with Crippen LogP contribution in [0.1, 0.15) is 43.4 Å². The molecule has 274 valence electrons. The highest BCUT2D eigenvalue weighted by molar-refractivity contribution is 7.00. The van der Waals surface area contributed by atoms with Crippen molar-refractivity contribution in [2.45, 2.75) is 39.0 Å². The van der Waals surface area contributed by atoms with Gasteiger partial charge in [0.15, 0.2) is 0 Å². The van der Waals surface area contributed by atoms with Gasteiger partial charge in [0.05, 0.1) is 0 Å². The monoisotopic (exact) mass is 735 g/mol. The van der Waals surface area contributed by atoms with Gasteiger partial charge in [0.1, 0.15) is 11.5 Å². The number of aryl methyl sites for hydroxylation is 1. The minimum absolute atomic E-state index is 0.0603. The molecule has 0 radical (unpaired) electrons. The summed E-state index contributed by atoms with van der Waals surface area (Å²) in [6.07, 6.45) is 8.71. The second-order valence-electron chi connectivity index (χ2n) is 16.2. The van der Waals surface area contributed by atoms with Gasteiger partial charge in [-0.2, -0.15) is 0 Å². The number of benzene rings is 7. The van der Waals surface area contributed by atoms with Gasteiger partial charge in [-0.05, 0) is 121 Å². The second kappa shape index (κ2) is 12.9. The molecule has 57 heavy (non-hydrogen) atoms. The first-order chi connectivity index (χ1) is 28.0. The zero-order valence-electron chi connectivity index (χ0n) is 32.5. The number of hydrogen-bond acceptors (Lipinski definition) is 4. The van der Waals surface area contributed by atoms with Crippen LogP contribution in [0.4, 0.5) is 45.5 Å². The van der Waals surface area contributed by atoms with Gasteiger partial charge in [-0.1, -0.05) is 110 Å². The van der Waals surface area contributed by atoms with Gasteiger partial charge in [-0.3, -0.25) is 0 Å². The van der Waals surface area contributed by atoms with Gasteiger partial charge in [0.25, 0.3) is 6.71 Å². The van der Waals surface area contributed by atoms with Crippen molar-refractivity contribution in [2.75, 3.05) is 14.7 Å². The number of para-hydroxylation sites is 3. The maximum absolute atomic E-state index is 6.53. The molecule has 7 aromatic rings. The number of nitrogens with zero attached hydrogens (tertiary/aromatic N) is 3. The summed E-state index contributed by atoms with van der Waals surface area (Å²) >= 11 is 0. The summed E-state index contributed by atoms with van der Waals surface area (Å²) in [6, 6.07) is 58.0. The maximum Gasteiger partial charge on any atom is 0.252 e. The predicted molar refractivity (Wildman–Crippen MR) is 239 cm³/mol. The number of allylic oxidation sites excluding steroid dienone is 4. The molecule has 0 saturated carbocycles. The van der Waals surface area contributed by atoms with E-state index in [-0.39, 0.29) is 12.1 Å². The summed E-state index contributed by atoms with van der Waals surface area (Å²) in [5.74, 6) is 1.86. The molecule has 0 unspecified atom stereocenters. The van der Waals surface area contributed by atoms with Crippen LogP contribution in [0, 0.1) is 6.92 Å². The molecule has 11 rings (SSSR count). The average molecular weight is 736 g/mol. The number of anilines is 8. The van der Waals surface area contributed by atoms with Crippen molar-refractivity contribution in [1.82, 2.24) is 0 Å². The molecule has 0 bridgehead atoms. The molecule has 0 amide bonds. The highest BCUT2D eigenvalue weighted by atomic mass is 16.5. The lowest BCUT2D eigenvalue weighted by molar-refractivity contribution is 0.418. The lowest BCUT2D eigenvalue weighted by atomic mass is 9.33. The van der Waals surface area contributed by atoms with Crippen molar-refractivity contribution in [3.63, 3.8) is 0 Å². The Morgan fingerprint density at radius 1 is 0.579 bits per heavy atom. The molecular weight excluding hydrogens is 693 g/mol. The topological polar surface area (TPSA) is 19.0 Å². The van der Waals surface area contributed by atoms with E-state index in [9.17, 15) is 0 Å². The van der Waals surface area contributed by atoms with E-state index >= 15 is 0 Å². The van der Waals surface area contributed by atoms with Crippen molar-refractivity contribution in [1.29, 1.82) is 0 Å². The SMILES string of the molecule is Cc1ccc(N2c3cc(N(C4=CC=CCC4)c4ccc5c(c4)C(C)(C)c4ccccc4O5)ccc3B3c4ccccc4N(c4ccccc4)c4cccc2c43)cc1. The quantitative estimate of drug-likeness (QED) is 0.164. The van der Waals surface area contributed by atoms with Crippen LogP contribution in [0.25, 0.3) is 0 Å². The molecule has 0 atom stereocenters. The summed E-state index contributed by atoms with van der Waals surface area (Å²) in [4.78, 5) is 7.42. The first-order valence-corrected chi connectivity index (χ1v) is 20.1. The van der Waals surface area contributed by atoms with Crippen LogP contribution in [-0.2, 0) is 5.41 Å². The highest BCUT2D eigenvalue weighted by Crippen LogP contribution is 2.50. The molecule has 0 N–H and O–H groups in total. The van der Waals surface area contributed by atoms with Gasteiger partial charge in [0.2, 0.25) is 0 Å². The lowest BCUT2D eigenvalue weighted by Gasteiger charge is -2.44. The molecule has 7 aromatic carbocycles. The van der Waals surface area contributed by atoms with Gasteiger partial charge < -0.3 is 19.4 Å². The van der Waals surface area contributed by atoms with Crippen LogP contribution in [0.15, 0.2) is 182 Å². The van der Waals surface area contributed by atoms with Crippen molar-refractivity contribution in [3.05, 3.63) is 198 Å². The smallest absolute Gasteiger partial charge is 0.252 e. The van der Waals surface area contributed by atoms with Crippen molar-refractivity contribution >= 4 is 68.6 Å². The van der Waals surface area contributed by atoms with Crippen LogP contribution in [0.5, 0.6) is 11.5 Å². The molecule has 0 saturated heterocycles. The van der Waals surface area contributed by atoms with Crippen LogP contribution >= 0.6 is 0 Å². The van der Waals surface area contributed by atoms with Crippen LogP contribution in [-0.4, -0.2) is 6.71 Å². The van der Waals surface area contributed by atoms with Crippen LogP contribution in [0.3, 0.4) is 0 Å². The molecule has 0 aromatic heterocycles. The fraction of sp³-hybridized carbons (Fsp3) is 0.115. The van der Waals surface area contributed by atoms with E-state index in [1.54, 1.807) is 0 Å². The highest BCUT2D eigenvalue weighted by Gasteiger charge is 2.43. The predicted octanol–water partition coefficient (Wildman–Crippen LogP) is 11.9. The Bertz CT molecular complexity index is 2790. The van der Waals surface area contributed by atoms with E-state index in [2.05, 4.69) is 211 Å². The summed E-state index contributed by atoms with van der Waals surface area (Å²) in [5.41, 5.74) is 18.0. The lowest BCUT2D eigenvalue weighted by Crippen LogP contribution is -2.61. The van der Waals surface area contributed by atoms with Crippen molar-refractivity contribution in [3.8, 4) is 11.5 Å². The first-order valence-electron chi connectivity index (χ1n) is 20.1. The molecule has 4 nitrogen and oxygen atoms in total.